The van der Waals surface area contributed by atoms with Crippen LogP contribution in [0.5, 0.6) is 0 Å². The third-order valence-corrected chi connectivity index (χ3v) is 5.24. The Bertz CT molecular complexity index is 213. The van der Waals surface area contributed by atoms with Crippen LogP contribution in [-0.4, -0.2) is 67.4 Å². The minimum absolute atomic E-state index is 0.826. The van der Waals surface area contributed by atoms with E-state index in [4.69, 9.17) is 5.73 Å². The molecule has 0 atom stereocenters. The van der Waals surface area contributed by atoms with Crippen molar-refractivity contribution in [2.75, 3.05) is 52.4 Å². The standard InChI is InChI=1S/C13H29N3/c1-13(2)16-10-7-15(8-11-16,9-12-16)6-4-3-5-14/h13H,3-12,14H2,1-2H3/q+2. The molecule has 16 heavy (non-hydrogen) atoms. The molecule has 0 radical (unpaired) electrons. The van der Waals surface area contributed by atoms with Crippen LogP contribution in [0.2, 0.25) is 0 Å². The van der Waals surface area contributed by atoms with Crippen molar-refractivity contribution in [1.82, 2.24) is 0 Å². The van der Waals surface area contributed by atoms with Crippen molar-refractivity contribution < 1.29 is 8.97 Å². The zero-order valence-electron chi connectivity index (χ0n) is 11.1. The monoisotopic (exact) mass is 227 g/mol. The summed E-state index contributed by atoms with van der Waals surface area (Å²) in [4.78, 5) is 0. The average molecular weight is 227 g/mol. The number of nitrogens with zero attached hydrogens (tertiary/aromatic N) is 2. The molecule has 3 heteroatoms. The van der Waals surface area contributed by atoms with Gasteiger partial charge in [-0.1, -0.05) is 0 Å². The quantitative estimate of drug-likeness (QED) is 0.545. The highest BCUT2D eigenvalue weighted by Gasteiger charge is 2.49. The van der Waals surface area contributed by atoms with Gasteiger partial charge in [0, 0.05) is 0 Å². The van der Waals surface area contributed by atoms with Gasteiger partial charge < -0.3 is 14.7 Å². The van der Waals surface area contributed by atoms with Crippen LogP contribution in [0.4, 0.5) is 0 Å². The highest BCUT2D eigenvalue weighted by Crippen LogP contribution is 2.29. The van der Waals surface area contributed by atoms with Crippen molar-refractivity contribution in [2.24, 2.45) is 5.73 Å². The lowest BCUT2D eigenvalue weighted by atomic mass is 10.0. The Morgan fingerprint density at radius 2 is 1.50 bits per heavy atom. The van der Waals surface area contributed by atoms with Crippen molar-refractivity contribution in [3.63, 3.8) is 0 Å². The molecule has 3 heterocycles. The molecule has 3 aliphatic heterocycles. The number of nitrogens with two attached hydrogens (primary N) is 1. The minimum Gasteiger partial charge on any atom is -0.330 e. The van der Waals surface area contributed by atoms with Crippen molar-refractivity contribution in [1.29, 1.82) is 0 Å². The fraction of sp³-hybridized carbons (Fsp3) is 1.00. The van der Waals surface area contributed by atoms with Crippen LogP contribution in [0.3, 0.4) is 0 Å². The molecule has 0 saturated carbocycles. The summed E-state index contributed by atoms with van der Waals surface area (Å²) < 4.78 is 2.81. The SMILES string of the molecule is CC(C)[N+]12CC[N+](CCCCN)(CC1)CC2. The fourth-order valence-electron chi connectivity index (χ4n) is 3.61. The first kappa shape index (κ1) is 12.3. The van der Waals surface area contributed by atoms with Crippen LogP contribution in [0, 0.1) is 0 Å². The van der Waals surface area contributed by atoms with E-state index >= 15 is 0 Å². The third-order valence-electron chi connectivity index (χ3n) is 5.24. The molecule has 3 nitrogen and oxygen atoms in total. The summed E-state index contributed by atoms with van der Waals surface area (Å²) in [6.07, 6.45) is 2.54. The lowest BCUT2D eigenvalue weighted by molar-refractivity contribution is -1.09. The topological polar surface area (TPSA) is 26.0 Å². The lowest BCUT2D eigenvalue weighted by Crippen LogP contribution is -2.76. The first-order valence-corrected chi connectivity index (χ1v) is 7.03. The second kappa shape index (κ2) is 4.63. The van der Waals surface area contributed by atoms with Gasteiger partial charge >= 0.3 is 0 Å². The van der Waals surface area contributed by atoms with Gasteiger partial charge in [0.05, 0.1) is 12.6 Å². The minimum atomic E-state index is 0.826. The molecule has 2 N–H and O–H groups in total. The van der Waals surface area contributed by atoms with E-state index in [1.807, 2.05) is 0 Å². The van der Waals surface area contributed by atoms with Crippen molar-refractivity contribution >= 4 is 0 Å². The summed E-state index contributed by atoms with van der Waals surface area (Å²) in [5, 5.41) is 0. The predicted octanol–water partition coefficient (Wildman–Crippen LogP) is 0.795. The Morgan fingerprint density at radius 3 is 1.94 bits per heavy atom. The summed E-state index contributed by atoms with van der Waals surface area (Å²) in [6.45, 7) is 15.6. The Morgan fingerprint density at radius 1 is 0.938 bits per heavy atom. The van der Waals surface area contributed by atoms with E-state index in [9.17, 15) is 0 Å². The van der Waals surface area contributed by atoms with E-state index in [1.54, 1.807) is 0 Å². The Labute approximate surface area is 100 Å². The number of hydrogen-bond acceptors (Lipinski definition) is 1. The van der Waals surface area contributed by atoms with Crippen molar-refractivity contribution in [2.45, 2.75) is 32.7 Å². The largest absolute Gasteiger partial charge is 0.330 e. The van der Waals surface area contributed by atoms with Crippen LogP contribution >= 0.6 is 0 Å². The summed E-state index contributed by atoms with van der Waals surface area (Å²) in [5.74, 6) is 0. The molecule has 3 rings (SSSR count). The van der Waals surface area contributed by atoms with E-state index in [-0.39, 0.29) is 0 Å². The zero-order chi connectivity index (χ0) is 11.6. The molecule has 3 saturated heterocycles. The van der Waals surface area contributed by atoms with Gasteiger partial charge in [0.15, 0.2) is 0 Å². The maximum Gasteiger partial charge on any atom is 0.129 e. The van der Waals surface area contributed by atoms with Gasteiger partial charge in [-0.05, 0) is 33.2 Å². The molecule has 0 aromatic heterocycles. The second-order valence-electron chi connectivity index (χ2n) is 6.21. The van der Waals surface area contributed by atoms with E-state index in [1.165, 1.54) is 67.6 Å². The smallest absolute Gasteiger partial charge is 0.129 e. The predicted molar refractivity (Wildman–Crippen MR) is 68.0 cm³/mol. The molecule has 0 aliphatic carbocycles. The van der Waals surface area contributed by atoms with Crippen LogP contribution in [0.1, 0.15) is 26.7 Å². The second-order valence-corrected chi connectivity index (χ2v) is 6.21. The zero-order valence-corrected chi connectivity index (χ0v) is 11.1. The molecular weight excluding hydrogens is 198 g/mol. The summed E-state index contributed by atoms with van der Waals surface area (Å²) in [5.41, 5.74) is 5.59. The number of fused-ring (bicyclic) bond motifs is 3. The van der Waals surface area contributed by atoms with Crippen LogP contribution in [0.15, 0.2) is 0 Å². The summed E-state index contributed by atoms with van der Waals surface area (Å²) in [7, 11) is 0. The molecule has 0 amide bonds. The van der Waals surface area contributed by atoms with Gasteiger partial charge in [-0.3, -0.25) is 0 Å². The molecule has 94 valence electrons. The molecule has 0 aromatic rings. The molecule has 0 unspecified atom stereocenters. The summed E-state index contributed by atoms with van der Waals surface area (Å²) in [6, 6.07) is 0.826. The van der Waals surface area contributed by atoms with Gasteiger partial charge in [-0.25, -0.2) is 0 Å². The molecule has 3 aliphatic rings. The van der Waals surface area contributed by atoms with Crippen molar-refractivity contribution in [3.05, 3.63) is 0 Å². The molecule has 0 spiro atoms. The van der Waals surface area contributed by atoms with Gasteiger partial charge in [0.25, 0.3) is 0 Å². The van der Waals surface area contributed by atoms with E-state index in [2.05, 4.69) is 13.8 Å². The number of hydrogen-bond donors (Lipinski definition) is 1. The number of piperazine rings is 3. The molecule has 0 aromatic carbocycles. The Hall–Kier alpha value is -0.120. The average Bonchev–Trinajstić information content (AvgIpc) is 2.31. The van der Waals surface area contributed by atoms with Crippen LogP contribution < -0.4 is 5.73 Å². The number of quaternary nitrogens is 2. The van der Waals surface area contributed by atoms with Crippen LogP contribution in [0.25, 0.3) is 0 Å². The maximum atomic E-state index is 5.59. The van der Waals surface area contributed by atoms with E-state index in [0.29, 0.717) is 0 Å². The van der Waals surface area contributed by atoms with Gasteiger partial charge in [0.1, 0.15) is 39.3 Å². The lowest BCUT2D eigenvalue weighted by Gasteiger charge is -2.57. The third kappa shape index (κ3) is 2.13. The Kier molecular flexibility index (Phi) is 3.57. The van der Waals surface area contributed by atoms with E-state index in [0.717, 1.165) is 12.6 Å². The van der Waals surface area contributed by atoms with Gasteiger partial charge in [0.2, 0.25) is 0 Å². The fourth-order valence-corrected chi connectivity index (χ4v) is 3.61. The van der Waals surface area contributed by atoms with Crippen molar-refractivity contribution in [3.8, 4) is 0 Å². The van der Waals surface area contributed by atoms with Gasteiger partial charge in [-0.15, -0.1) is 0 Å². The maximum absolute atomic E-state index is 5.59. The Balaban J connectivity index is 1.90. The highest BCUT2D eigenvalue weighted by molar-refractivity contribution is 4.64. The molecule has 2 bridgehead atoms. The highest BCUT2D eigenvalue weighted by atomic mass is 15.5. The molecular formula is C13H29N3+2. The summed E-state index contributed by atoms with van der Waals surface area (Å²) >= 11 is 0. The van der Waals surface area contributed by atoms with Crippen LogP contribution in [-0.2, 0) is 0 Å². The normalized spacial score (nSPS) is 38.2. The first-order valence-electron chi connectivity index (χ1n) is 7.03. The molecule has 3 fully saturated rings. The number of rotatable bonds is 5. The number of unbranched alkanes of at least 4 members (excludes halogenated alkanes) is 1. The van der Waals surface area contributed by atoms with Gasteiger partial charge in [-0.2, -0.15) is 0 Å². The van der Waals surface area contributed by atoms with E-state index < -0.39 is 0 Å². The first-order chi connectivity index (χ1) is 7.63.